The van der Waals surface area contributed by atoms with Gasteiger partial charge in [-0.25, -0.2) is 9.07 Å². The van der Waals surface area contributed by atoms with Crippen molar-refractivity contribution in [2.75, 3.05) is 0 Å². The van der Waals surface area contributed by atoms with Gasteiger partial charge in [0, 0.05) is 18.8 Å². The summed E-state index contributed by atoms with van der Waals surface area (Å²) in [5.41, 5.74) is 2.42. The van der Waals surface area contributed by atoms with Gasteiger partial charge in [-0.3, -0.25) is 0 Å². The minimum Gasteiger partial charge on any atom is -0.310 e. The summed E-state index contributed by atoms with van der Waals surface area (Å²) in [5.74, 6) is 0.0896. The van der Waals surface area contributed by atoms with E-state index >= 15 is 0 Å². The minimum absolute atomic E-state index is 0.244. The molecule has 0 saturated heterocycles. The summed E-state index contributed by atoms with van der Waals surface area (Å²) in [4.78, 5) is 0. The molecule has 0 atom stereocenters. The number of aromatic nitrogens is 2. The lowest BCUT2D eigenvalue weighted by molar-refractivity contribution is 0.572. The van der Waals surface area contributed by atoms with Crippen molar-refractivity contribution in [3.8, 4) is 5.69 Å². The summed E-state index contributed by atoms with van der Waals surface area (Å²) in [6, 6.07) is 7.45. The van der Waals surface area contributed by atoms with Gasteiger partial charge in [-0.15, -0.1) is 0 Å². The van der Waals surface area contributed by atoms with Gasteiger partial charge in [0.1, 0.15) is 11.5 Å². The van der Waals surface area contributed by atoms with Crippen molar-refractivity contribution < 1.29 is 4.39 Å². The van der Waals surface area contributed by atoms with Crippen LogP contribution in [0.15, 0.2) is 30.5 Å². The van der Waals surface area contributed by atoms with Crippen LogP contribution in [-0.4, -0.2) is 15.8 Å². The molecular formula is C16H22FN3. The van der Waals surface area contributed by atoms with Crippen molar-refractivity contribution in [2.45, 2.75) is 46.2 Å². The lowest BCUT2D eigenvalue weighted by atomic mass is 10.1. The van der Waals surface area contributed by atoms with E-state index < -0.39 is 0 Å². The Morgan fingerprint density at radius 3 is 2.55 bits per heavy atom. The first-order chi connectivity index (χ1) is 9.49. The molecule has 0 aliphatic heterocycles. The largest absolute Gasteiger partial charge is 0.310 e. The lowest BCUT2D eigenvalue weighted by Gasteiger charge is -2.13. The highest BCUT2D eigenvalue weighted by Crippen LogP contribution is 2.20. The van der Waals surface area contributed by atoms with Crippen molar-refractivity contribution >= 4 is 0 Å². The fraction of sp³-hybridized carbons (Fsp3) is 0.438. The molecule has 0 spiro atoms. The molecule has 2 aromatic rings. The van der Waals surface area contributed by atoms with Crippen LogP contribution in [0.5, 0.6) is 0 Å². The summed E-state index contributed by atoms with van der Waals surface area (Å²) in [5, 5.41) is 7.80. The predicted molar refractivity (Wildman–Crippen MR) is 79.6 cm³/mol. The van der Waals surface area contributed by atoms with Gasteiger partial charge in [-0.05, 0) is 23.6 Å². The monoisotopic (exact) mass is 275 g/mol. The van der Waals surface area contributed by atoms with Crippen LogP contribution in [0.4, 0.5) is 4.39 Å². The Morgan fingerprint density at radius 2 is 1.95 bits per heavy atom. The second kappa shape index (κ2) is 6.18. The quantitative estimate of drug-likeness (QED) is 0.903. The molecule has 1 heterocycles. The molecule has 2 rings (SSSR count). The molecule has 0 amide bonds. The third kappa shape index (κ3) is 3.25. The highest BCUT2D eigenvalue weighted by molar-refractivity contribution is 5.42. The maximum absolute atomic E-state index is 14.2. The molecule has 0 unspecified atom stereocenters. The minimum atomic E-state index is -0.244. The fourth-order valence-electron chi connectivity index (χ4n) is 2.04. The molecular weight excluding hydrogens is 253 g/mol. The van der Waals surface area contributed by atoms with Crippen LogP contribution in [0.1, 0.15) is 44.9 Å². The zero-order valence-electron chi connectivity index (χ0n) is 12.5. The third-order valence-electron chi connectivity index (χ3n) is 3.20. The number of nitrogens with zero attached hydrogens (tertiary/aromatic N) is 2. The number of nitrogens with one attached hydrogen (secondary N) is 1. The molecule has 4 heteroatoms. The van der Waals surface area contributed by atoms with E-state index in [-0.39, 0.29) is 5.82 Å². The molecule has 0 bridgehead atoms. The Bertz CT molecular complexity index is 573. The van der Waals surface area contributed by atoms with Crippen LogP contribution in [0, 0.1) is 5.82 Å². The van der Waals surface area contributed by atoms with Gasteiger partial charge in [0.15, 0.2) is 0 Å². The molecule has 1 aromatic carbocycles. The van der Waals surface area contributed by atoms with E-state index in [0.717, 1.165) is 11.3 Å². The van der Waals surface area contributed by atoms with Crippen LogP contribution >= 0.6 is 0 Å². The first kappa shape index (κ1) is 14.7. The molecule has 0 aliphatic carbocycles. The topological polar surface area (TPSA) is 29.9 Å². The van der Waals surface area contributed by atoms with Gasteiger partial charge in [0.2, 0.25) is 0 Å². The summed E-state index contributed by atoms with van der Waals surface area (Å²) < 4.78 is 15.8. The molecule has 0 fully saturated rings. The van der Waals surface area contributed by atoms with Gasteiger partial charge in [-0.1, -0.05) is 39.8 Å². The second-order valence-electron chi connectivity index (χ2n) is 5.62. The maximum atomic E-state index is 14.2. The van der Waals surface area contributed by atoms with E-state index in [1.807, 2.05) is 18.3 Å². The zero-order valence-corrected chi connectivity index (χ0v) is 12.5. The number of rotatable bonds is 5. The van der Waals surface area contributed by atoms with E-state index in [9.17, 15) is 4.39 Å². The number of hydrogen-bond donors (Lipinski definition) is 1. The summed E-state index contributed by atoms with van der Waals surface area (Å²) in [6.07, 6.45) is 1.83. The maximum Gasteiger partial charge on any atom is 0.149 e. The van der Waals surface area contributed by atoms with Crippen molar-refractivity contribution in [3.63, 3.8) is 0 Å². The third-order valence-corrected chi connectivity index (χ3v) is 3.20. The smallest absolute Gasteiger partial charge is 0.149 e. The van der Waals surface area contributed by atoms with Crippen molar-refractivity contribution in [1.29, 1.82) is 0 Å². The highest BCUT2D eigenvalue weighted by atomic mass is 19.1. The van der Waals surface area contributed by atoms with Crippen LogP contribution in [0.2, 0.25) is 0 Å². The molecule has 0 saturated carbocycles. The van der Waals surface area contributed by atoms with E-state index in [4.69, 9.17) is 0 Å². The number of benzene rings is 1. The Labute approximate surface area is 119 Å². The predicted octanol–water partition coefficient (Wildman–Crippen LogP) is 3.63. The fourth-order valence-corrected chi connectivity index (χ4v) is 2.04. The number of para-hydroxylation sites is 1. The normalized spacial score (nSPS) is 11.6. The van der Waals surface area contributed by atoms with Crippen molar-refractivity contribution in [2.24, 2.45) is 0 Å². The Kier molecular flexibility index (Phi) is 4.55. The Hall–Kier alpha value is -1.68. The Balaban J connectivity index is 2.37. The van der Waals surface area contributed by atoms with Crippen molar-refractivity contribution in [1.82, 2.24) is 15.1 Å². The second-order valence-corrected chi connectivity index (χ2v) is 5.62. The average Bonchev–Trinajstić information content (AvgIpc) is 2.85. The highest BCUT2D eigenvalue weighted by Gasteiger charge is 2.13. The first-order valence-electron chi connectivity index (χ1n) is 7.05. The van der Waals surface area contributed by atoms with Gasteiger partial charge < -0.3 is 5.32 Å². The van der Waals surface area contributed by atoms with Gasteiger partial charge in [-0.2, -0.15) is 5.10 Å². The summed E-state index contributed by atoms with van der Waals surface area (Å²) >= 11 is 0. The van der Waals surface area contributed by atoms with Gasteiger partial charge >= 0.3 is 0 Å². The first-order valence-corrected chi connectivity index (χ1v) is 7.05. The molecule has 20 heavy (non-hydrogen) atoms. The molecule has 0 radical (unpaired) electrons. The van der Waals surface area contributed by atoms with Crippen LogP contribution < -0.4 is 5.32 Å². The molecule has 3 nitrogen and oxygen atoms in total. The van der Waals surface area contributed by atoms with Gasteiger partial charge in [0.25, 0.3) is 0 Å². The summed E-state index contributed by atoms with van der Waals surface area (Å²) in [7, 11) is 0. The lowest BCUT2D eigenvalue weighted by Crippen LogP contribution is -2.23. The van der Waals surface area contributed by atoms with E-state index in [1.165, 1.54) is 6.07 Å². The van der Waals surface area contributed by atoms with E-state index in [2.05, 4.69) is 38.1 Å². The molecule has 108 valence electrons. The zero-order chi connectivity index (χ0) is 14.7. The number of halogens is 1. The van der Waals surface area contributed by atoms with Crippen LogP contribution in [0.25, 0.3) is 5.69 Å². The van der Waals surface area contributed by atoms with Gasteiger partial charge in [0.05, 0.1) is 5.69 Å². The van der Waals surface area contributed by atoms with Crippen LogP contribution in [-0.2, 0) is 6.54 Å². The SMILES string of the molecule is CC(C)NCc1cccc(F)c1-n1ccc(C(C)C)n1. The van der Waals surface area contributed by atoms with E-state index in [0.29, 0.717) is 24.2 Å². The average molecular weight is 275 g/mol. The van der Waals surface area contributed by atoms with E-state index in [1.54, 1.807) is 10.7 Å². The number of hydrogen-bond acceptors (Lipinski definition) is 2. The van der Waals surface area contributed by atoms with Crippen LogP contribution in [0.3, 0.4) is 0 Å². The molecule has 1 aromatic heterocycles. The molecule has 1 N–H and O–H groups in total. The van der Waals surface area contributed by atoms with Crippen molar-refractivity contribution in [3.05, 3.63) is 47.5 Å². The molecule has 0 aliphatic rings. The standard InChI is InChI=1S/C16H22FN3/c1-11(2)15-8-9-20(19-15)16-13(10-18-12(3)4)6-5-7-14(16)17/h5-9,11-12,18H,10H2,1-4H3. The Morgan fingerprint density at radius 1 is 1.20 bits per heavy atom. The summed E-state index contributed by atoms with van der Waals surface area (Å²) in [6.45, 7) is 8.93.